The van der Waals surface area contributed by atoms with Crippen molar-refractivity contribution < 1.29 is 31.8 Å². The molecule has 0 aliphatic carbocycles. The van der Waals surface area contributed by atoms with Gasteiger partial charge in [0, 0.05) is 35.9 Å². The number of H-pyrrole nitrogens is 1. The van der Waals surface area contributed by atoms with Gasteiger partial charge in [0.25, 0.3) is 11.1 Å². The molecule has 0 fully saturated rings. The van der Waals surface area contributed by atoms with Gasteiger partial charge in [-0.2, -0.15) is 22.7 Å². The van der Waals surface area contributed by atoms with Crippen LogP contribution in [0.5, 0.6) is 0 Å². The number of esters is 1. The molecule has 0 bridgehead atoms. The monoisotopic (exact) mass is 691 g/mol. The summed E-state index contributed by atoms with van der Waals surface area (Å²) in [7, 11) is 0. The summed E-state index contributed by atoms with van der Waals surface area (Å²) in [5.41, 5.74) is -1.72. The first-order chi connectivity index (χ1) is 24.1. The number of carbonyl (C=O) groups excluding carboxylic acids is 1. The molecule has 16 heteroatoms. The largest absolute Gasteiger partial charge is 0.456 e. The highest BCUT2D eigenvalue weighted by atomic mass is 19.3. The molecule has 6 aromatic rings. The van der Waals surface area contributed by atoms with E-state index >= 15 is 8.78 Å². The maximum atomic E-state index is 15.4. The van der Waals surface area contributed by atoms with Gasteiger partial charge in [-0.3, -0.25) is 9.59 Å². The van der Waals surface area contributed by atoms with Crippen LogP contribution in [0, 0.1) is 0 Å². The maximum absolute atomic E-state index is 15.4. The van der Waals surface area contributed by atoms with E-state index in [4.69, 9.17) is 4.74 Å². The Hall–Kier alpha value is -5.90. The zero-order valence-electron chi connectivity index (χ0n) is 26.1. The Kier molecular flexibility index (Phi) is 9.99. The van der Waals surface area contributed by atoms with Crippen LogP contribution in [0.3, 0.4) is 0 Å². The molecule has 0 saturated carbocycles. The average molecular weight is 692 g/mol. The van der Waals surface area contributed by atoms with Crippen molar-refractivity contribution in [2.24, 2.45) is 0 Å². The molecule has 2 aromatic carbocycles. The number of aromatic amines is 1. The SMILES string of the molecule is O=C(OCc1ccccc1)C(F)(F)c1c(N[C@H](CCCn2ccc3cc(-c4nc5ccccn5n4)ccc3c2=O)COC(F)F)cn[nH]c1=O. The number of nitrogens with one attached hydrogen (secondary N) is 2. The fourth-order valence-electron chi connectivity index (χ4n) is 5.41. The van der Waals surface area contributed by atoms with Crippen LogP contribution in [0.25, 0.3) is 27.8 Å². The van der Waals surface area contributed by atoms with Crippen molar-refractivity contribution in [3.8, 4) is 11.4 Å². The highest BCUT2D eigenvalue weighted by molar-refractivity contribution is 5.85. The van der Waals surface area contributed by atoms with E-state index in [0.717, 1.165) is 11.8 Å². The molecular formula is C34H29F4N7O5. The normalized spacial score (nSPS) is 12.4. The molecule has 0 spiro atoms. The maximum Gasteiger partial charge on any atom is 0.382 e. The van der Waals surface area contributed by atoms with Crippen LogP contribution in [-0.4, -0.2) is 54.6 Å². The minimum atomic E-state index is -4.43. The van der Waals surface area contributed by atoms with Crippen LogP contribution in [0.4, 0.5) is 23.2 Å². The molecule has 0 aliphatic rings. The third-order valence-electron chi connectivity index (χ3n) is 7.85. The predicted molar refractivity (Wildman–Crippen MR) is 174 cm³/mol. The molecule has 0 saturated heterocycles. The van der Waals surface area contributed by atoms with Crippen molar-refractivity contribution in [1.82, 2.24) is 29.4 Å². The molecule has 6 rings (SSSR count). The third-order valence-corrected chi connectivity index (χ3v) is 7.85. The number of benzene rings is 2. The zero-order valence-corrected chi connectivity index (χ0v) is 26.1. The standard InChI is InChI=1S/C34H29F4N7O5/c35-33(36)50-20-24(40-26-18-39-42-30(46)28(26)34(37,38)32(48)49-19-21-7-2-1-3-8-21)9-6-14-44-16-13-22-17-23(11-12-25(22)31(44)47)29-41-27-10-4-5-15-45(27)43-29/h1-5,7-8,10-13,15-18,24,33H,6,9,14,19-20H2,(H2,40,42,46)/t24-/m1/s1. The number of anilines is 1. The van der Waals surface area contributed by atoms with Crippen molar-refractivity contribution in [2.45, 2.75) is 44.6 Å². The highest BCUT2D eigenvalue weighted by Gasteiger charge is 2.47. The second kappa shape index (κ2) is 14.7. The van der Waals surface area contributed by atoms with Crippen LogP contribution in [0.2, 0.25) is 0 Å². The molecule has 0 amide bonds. The second-order valence-corrected chi connectivity index (χ2v) is 11.3. The molecule has 1 atom stereocenters. The van der Waals surface area contributed by atoms with Gasteiger partial charge < -0.3 is 19.4 Å². The lowest BCUT2D eigenvalue weighted by molar-refractivity contribution is -0.175. The van der Waals surface area contributed by atoms with Crippen LogP contribution < -0.4 is 16.4 Å². The summed E-state index contributed by atoms with van der Waals surface area (Å²) in [6.07, 6.45) is 4.45. The molecule has 0 radical (unpaired) electrons. The van der Waals surface area contributed by atoms with E-state index in [1.807, 2.05) is 23.3 Å². The van der Waals surface area contributed by atoms with Gasteiger partial charge in [0.1, 0.15) is 12.2 Å². The Balaban J connectivity index is 1.16. The lowest BCUT2D eigenvalue weighted by Crippen LogP contribution is -2.37. The topological polar surface area (TPSA) is 146 Å². The van der Waals surface area contributed by atoms with Crippen molar-refractivity contribution in [1.29, 1.82) is 0 Å². The van der Waals surface area contributed by atoms with Gasteiger partial charge in [0.15, 0.2) is 11.5 Å². The van der Waals surface area contributed by atoms with Crippen LogP contribution in [0.15, 0.2) is 101 Å². The van der Waals surface area contributed by atoms with Gasteiger partial charge in [0.05, 0.1) is 18.5 Å². The number of carbonyl (C=O) groups is 1. The Bertz CT molecular complexity index is 2210. The number of nitrogens with zero attached hydrogens (tertiary/aromatic N) is 5. The molecule has 258 valence electrons. The quantitative estimate of drug-likeness (QED) is 0.117. The van der Waals surface area contributed by atoms with Crippen molar-refractivity contribution in [2.75, 3.05) is 11.9 Å². The molecule has 4 heterocycles. The third kappa shape index (κ3) is 7.54. The summed E-state index contributed by atoms with van der Waals surface area (Å²) in [6, 6.07) is 19.5. The van der Waals surface area contributed by atoms with Crippen LogP contribution in [-0.2, 0) is 33.3 Å². The van der Waals surface area contributed by atoms with E-state index in [1.54, 1.807) is 71.5 Å². The first-order valence-corrected chi connectivity index (χ1v) is 15.4. The fourth-order valence-corrected chi connectivity index (χ4v) is 5.41. The smallest absolute Gasteiger partial charge is 0.382 e. The minimum absolute atomic E-state index is 0.0337. The predicted octanol–water partition coefficient (Wildman–Crippen LogP) is 5.13. The van der Waals surface area contributed by atoms with Gasteiger partial charge >= 0.3 is 18.5 Å². The first kappa shape index (κ1) is 34.0. The molecule has 0 unspecified atom stereocenters. The van der Waals surface area contributed by atoms with E-state index in [0.29, 0.717) is 27.8 Å². The summed E-state index contributed by atoms with van der Waals surface area (Å²) in [5, 5.41) is 13.6. The van der Waals surface area contributed by atoms with E-state index in [2.05, 4.69) is 25.2 Å². The Morgan fingerprint density at radius 1 is 1.00 bits per heavy atom. The number of alkyl halides is 4. The summed E-state index contributed by atoms with van der Waals surface area (Å²) >= 11 is 0. The average Bonchev–Trinajstić information content (AvgIpc) is 3.55. The van der Waals surface area contributed by atoms with E-state index in [9.17, 15) is 23.2 Å². The molecule has 50 heavy (non-hydrogen) atoms. The second-order valence-electron chi connectivity index (χ2n) is 11.3. The lowest BCUT2D eigenvalue weighted by Gasteiger charge is -2.23. The zero-order chi connectivity index (χ0) is 35.3. The molecular weight excluding hydrogens is 662 g/mol. The lowest BCUT2D eigenvalue weighted by atomic mass is 10.1. The van der Waals surface area contributed by atoms with Crippen LogP contribution in [0.1, 0.15) is 24.0 Å². The minimum Gasteiger partial charge on any atom is -0.456 e. The Morgan fingerprint density at radius 3 is 2.58 bits per heavy atom. The summed E-state index contributed by atoms with van der Waals surface area (Å²) in [6.45, 7) is -4.16. The number of aryl methyl sites for hydroxylation is 1. The van der Waals surface area contributed by atoms with E-state index in [1.165, 1.54) is 4.57 Å². The molecule has 2 N–H and O–H groups in total. The number of hydrogen-bond donors (Lipinski definition) is 2. The van der Waals surface area contributed by atoms with Crippen molar-refractivity contribution >= 4 is 28.1 Å². The summed E-state index contributed by atoms with van der Waals surface area (Å²) in [5.74, 6) is -5.92. The molecule has 0 aliphatic heterocycles. The summed E-state index contributed by atoms with van der Waals surface area (Å²) < 4.78 is 69.2. The summed E-state index contributed by atoms with van der Waals surface area (Å²) in [4.78, 5) is 42.9. The number of pyridine rings is 2. The van der Waals surface area contributed by atoms with Crippen LogP contribution >= 0.6 is 0 Å². The number of ether oxygens (including phenoxy) is 2. The number of hydrogen-bond acceptors (Lipinski definition) is 9. The van der Waals surface area contributed by atoms with Gasteiger partial charge in [-0.15, -0.1) is 5.10 Å². The van der Waals surface area contributed by atoms with Gasteiger partial charge in [0.2, 0.25) is 0 Å². The van der Waals surface area contributed by atoms with Gasteiger partial charge in [-0.1, -0.05) is 42.5 Å². The highest BCUT2D eigenvalue weighted by Crippen LogP contribution is 2.33. The molecule has 4 aromatic heterocycles. The van der Waals surface area contributed by atoms with E-state index in [-0.39, 0.29) is 24.9 Å². The fraction of sp³-hybridized carbons (Fsp3) is 0.235. The van der Waals surface area contributed by atoms with Gasteiger partial charge in [-0.05, 0) is 54.1 Å². The van der Waals surface area contributed by atoms with Gasteiger partial charge in [-0.25, -0.2) is 19.4 Å². The van der Waals surface area contributed by atoms with Crippen molar-refractivity contribution in [3.05, 3.63) is 123 Å². The first-order valence-electron chi connectivity index (χ1n) is 15.4. The Labute approximate surface area is 280 Å². The van der Waals surface area contributed by atoms with Crippen molar-refractivity contribution in [3.63, 3.8) is 0 Å². The number of rotatable bonds is 14. The Morgan fingerprint density at radius 2 is 1.80 bits per heavy atom. The molecule has 12 nitrogen and oxygen atoms in total. The number of halogens is 4. The van der Waals surface area contributed by atoms with E-state index < -0.39 is 54.6 Å². The number of aromatic nitrogens is 6. The number of fused-ring (bicyclic) bond motifs is 2.